The van der Waals surface area contributed by atoms with Crippen LogP contribution in [0.4, 0.5) is 0 Å². The van der Waals surface area contributed by atoms with E-state index in [2.05, 4.69) is 16.0 Å². The van der Waals surface area contributed by atoms with Gasteiger partial charge in [0.2, 0.25) is 11.8 Å². The molecular weight excluding hydrogens is 356 g/mol. The Kier molecular flexibility index (Phi) is 5.73. The van der Waals surface area contributed by atoms with Gasteiger partial charge in [-0.25, -0.2) is 0 Å². The van der Waals surface area contributed by atoms with Crippen molar-refractivity contribution in [3.8, 4) is 0 Å². The maximum Gasteiger partial charge on any atom is 0.255 e. The Hall–Kier alpha value is -2.25. The number of carbonyl (C=O) groups is 3. The van der Waals surface area contributed by atoms with Gasteiger partial charge in [0.25, 0.3) is 5.91 Å². The highest BCUT2D eigenvalue weighted by Crippen LogP contribution is 2.29. The lowest BCUT2D eigenvalue weighted by Crippen LogP contribution is -2.52. The number of rotatable bonds is 6. The highest BCUT2D eigenvalue weighted by molar-refractivity contribution is 6.05. The molecule has 28 heavy (non-hydrogen) atoms. The molecule has 1 unspecified atom stereocenters. The molecule has 2 saturated heterocycles. The number of hydrogen-bond donors (Lipinski definition) is 3. The number of nitrogens with one attached hydrogen (secondary N) is 3. The largest absolute Gasteiger partial charge is 0.322 e. The van der Waals surface area contributed by atoms with Crippen LogP contribution in [0.1, 0.15) is 53.6 Å². The van der Waals surface area contributed by atoms with Gasteiger partial charge in [-0.15, -0.1) is 0 Å². The Morgan fingerprint density at radius 2 is 1.93 bits per heavy atom. The molecule has 0 spiro atoms. The quantitative estimate of drug-likeness (QED) is 0.501. The zero-order chi connectivity index (χ0) is 19.5. The van der Waals surface area contributed by atoms with Crippen LogP contribution in [0.25, 0.3) is 0 Å². The molecule has 3 aliphatic heterocycles. The van der Waals surface area contributed by atoms with Crippen LogP contribution in [0.3, 0.4) is 0 Å². The summed E-state index contributed by atoms with van der Waals surface area (Å²) >= 11 is 0. The number of imide groups is 1. The summed E-state index contributed by atoms with van der Waals surface area (Å²) in [6.07, 6.45) is 4.31. The van der Waals surface area contributed by atoms with E-state index in [1.807, 2.05) is 18.2 Å². The summed E-state index contributed by atoms with van der Waals surface area (Å²) < 4.78 is 0. The summed E-state index contributed by atoms with van der Waals surface area (Å²) in [5, 5.41) is 9.24. The Morgan fingerprint density at radius 3 is 2.71 bits per heavy atom. The van der Waals surface area contributed by atoms with E-state index in [1.54, 1.807) is 4.90 Å². The van der Waals surface area contributed by atoms with Crippen LogP contribution >= 0.6 is 0 Å². The molecule has 0 radical (unpaired) electrons. The number of fused-ring (bicyclic) bond motifs is 1. The number of piperidine rings is 2. The average Bonchev–Trinajstić information content (AvgIpc) is 3.03. The highest BCUT2D eigenvalue weighted by Gasteiger charge is 2.39. The maximum atomic E-state index is 13.1. The second kappa shape index (κ2) is 8.41. The van der Waals surface area contributed by atoms with Crippen LogP contribution in [0.5, 0.6) is 0 Å². The molecule has 0 aromatic heterocycles. The average molecular weight is 384 g/mol. The molecule has 1 aromatic rings. The maximum absolute atomic E-state index is 13.1. The first-order chi connectivity index (χ1) is 13.6. The van der Waals surface area contributed by atoms with Crippen LogP contribution < -0.4 is 16.0 Å². The minimum atomic E-state index is -0.557. The second-order valence-corrected chi connectivity index (χ2v) is 8.01. The highest BCUT2D eigenvalue weighted by atomic mass is 16.2. The Bertz CT molecular complexity index is 773. The first kappa shape index (κ1) is 19.1. The van der Waals surface area contributed by atoms with Crippen LogP contribution in [-0.4, -0.2) is 48.3 Å². The molecule has 3 heterocycles. The van der Waals surface area contributed by atoms with Crippen molar-refractivity contribution < 1.29 is 14.4 Å². The summed E-state index contributed by atoms with van der Waals surface area (Å²) in [7, 11) is 0. The first-order valence-corrected chi connectivity index (χ1v) is 10.3. The van der Waals surface area contributed by atoms with Crippen LogP contribution in [-0.2, 0) is 22.7 Å². The molecule has 7 nitrogen and oxygen atoms in total. The van der Waals surface area contributed by atoms with Crippen molar-refractivity contribution in [1.82, 2.24) is 20.9 Å². The van der Waals surface area contributed by atoms with Crippen molar-refractivity contribution in [3.05, 3.63) is 34.9 Å². The van der Waals surface area contributed by atoms with Crippen LogP contribution in [0, 0.1) is 5.92 Å². The molecule has 3 N–H and O–H groups in total. The van der Waals surface area contributed by atoms with Gasteiger partial charge in [-0.05, 0) is 62.4 Å². The van der Waals surface area contributed by atoms with Crippen molar-refractivity contribution in [2.45, 2.75) is 51.2 Å². The lowest BCUT2D eigenvalue weighted by Gasteiger charge is -2.29. The molecule has 4 rings (SSSR count). The van der Waals surface area contributed by atoms with Gasteiger partial charge >= 0.3 is 0 Å². The van der Waals surface area contributed by atoms with Gasteiger partial charge in [0, 0.05) is 25.1 Å². The molecule has 150 valence electrons. The number of hydrogen-bond acceptors (Lipinski definition) is 5. The monoisotopic (exact) mass is 384 g/mol. The van der Waals surface area contributed by atoms with E-state index >= 15 is 0 Å². The Balaban J connectivity index is 1.37. The molecule has 2 fully saturated rings. The van der Waals surface area contributed by atoms with Gasteiger partial charge in [-0.3, -0.25) is 19.7 Å². The van der Waals surface area contributed by atoms with E-state index in [0.29, 0.717) is 19.5 Å². The first-order valence-electron chi connectivity index (χ1n) is 10.3. The van der Waals surface area contributed by atoms with Gasteiger partial charge in [-0.2, -0.15) is 0 Å². The third kappa shape index (κ3) is 3.95. The van der Waals surface area contributed by atoms with Crippen molar-refractivity contribution in [3.63, 3.8) is 0 Å². The summed E-state index contributed by atoms with van der Waals surface area (Å²) in [5.74, 6) is 0.0586. The smallest absolute Gasteiger partial charge is 0.255 e. The SMILES string of the molecule is O=C1CCC(N2Cc3cccc(CNCCC4CCNCC4)c3C2=O)C(=O)N1. The van der Waals surface area contributed by atoms with E-state index in [1.165, 1.54) is 12.8 Å². The standard InChI is InChI=1S/C21H28N4O3/c26-18-5-4-17(20(27)24-18)25-13-16-3-1-2-15(19(16)21(25)28)12-23-11-8-14-6-9-22-10-7-14/h1-3,14,17,22-23H,4-13H2,(H,24,26,27). The molecule has 7 heteroatoms. The normalized spacial score (nSPS) is 23.1. The number of carbonyl (C=O) groups excluding carboxylic acids is 3. The Morgan fingerprint density at radius 1 is 1.11 bits per heavy atom. The van der Waals surface area contributed by atoms with E-state index in [9.17, 15) is 14.4 Å². The van der Waals surface area contributed by atoms with E-state index in [-0.39, 0.29) is 24.1 Å². The topological polar surface area (TPSA) is 90.5 Å². The molecule has 1 atom stereocenters. The minimum Gasteiger partial charge on any atom is -0.322 e. The molecule has 3 aliphatic rings. The minimum absolute atomic E-state index is 0.0970. The van der Waals surface area contributed by atoms with Crippen molar-refractivity contribution in [2.24, 2.45) is 5.92 Å². The summed E-state index contributed by atoms with van der Waals surface area (Å²) in [4.78, 5) is 38.3. The van der Waals surface area contributed by atoms with Gasteiger partial charge < -0.3 is 15.5 Å². The molecule has 1 aromatic carbocycles. The molecule has 3 amide bonds. The van der Waals surface area contributed by atoms with Gasteiger partial charge in [0.05, 0.1) is 0 Å². The number of nitrogens with zero attached hydrogens (tertiary/aromatic N) is 1. The number of benzene rings is 1. The lowest BCUT2D eigenvalue weighted by molar-refractivity contribution is -0.136. The van der Waals surface area contributed by atoms with Gasteiger partial charge in [0.15, 0.2) is 0 Å². The van der Waals surface area contributed by atoms with Crippen molar-refractivity contribution in [1.29, 1.82) is 0 Å². The van der Waals surface area contributed by atoms with Gasteiger partial charge in [-0.1, -0.05) is 18.2 Å². The van der Waals surface area contributed by atoms with E-state index < -0.39 is 6.04 Å². The van der Waals surface area contributed by atoms with Crippen LogP contribution in [0.2, 0.25) is 0 Å². The Labute approximate surface area is 165 Å². The fourth-order valence-corrected chi connectivity index (χ4v) is 4.54. The fraction of sp³-hybridized carbons (Fsp3) is 0.571. The zero-order valence-electron chi connectivity index (χ0n) is 16.1. The molecule has 0 bridgehead atoms. The summed E-state index contributed by atoms with van der Waals surface area (Å²) in [6, 6.07) is 5.36. The van der Waals surface area contributed by atoms with E-state index in [4.69, 9.17) is 0 Å². The van der Waals surface area contributed by atoms with Crippen molar-refractivity contribution in [2.75, 3.05) is 19.6 Å². The predicted molar refractivity (Wildman–Crippen MR) is 104 cm³/mol. The van der Waals surface area contributed by atoms with Crippen LogP contribution in [0.15, 0.2) is 18.2 Å². The fourth-order valence-electron chi connectivity index (χ4n) is 4.54. The van der Waals surface area contributed by atoms with E-state index in [0.717, 1.165) is 48.7 Å². The lowest BCUT2D eigenvalue weighted by atomic mass is 9.95. The third-order valence-corrected chi connectivity index (χ3v) is 6.14. The molecule has 0 aliphatic carbocycles. The second-order valence-electron chi connectivity index (χ2n) is 8.01. The summed E-state index contributed by atoms with van der Waals surface area (Å²) in [6.45, 7) is 4.26. The molecular formula is C21H28N4O3. The summed E-state index contributed by atoms with van der Waals surface area (Å²) in [5.41, 5.74) is 2.68. The zero-order valence-corrected chi connectivity index (χ0v) is 16.1. The van der Waals surface area contributed by atoms with Gasteiger partial charge in [0.1, 0.15) is 6.04 Å². The molecule has 0 saturated carbocycles. The third-order valence-electron chi connectivity index (χ3n) is 6.14. The predicted octanol–water partition coefficient (Wildman–Crippen LogP) is 0.927. The number of amides is 3. The van der Waals surface area contributed by atoms with Crippen molar-refractivity contribution >= 4 is 17.7 Å².